The lowest BCUT2D eigenvalue weighted by molar-refractivity contribution is 0.594. The molecule has 0 unspecified atom stereocenters. The standard InChI is InChI=1S/C16H20N2O2S/c1-12-7-13(2)9-15(8-12)18(3)21(19,20)16-6-4-5-14(10-16)11-17/h4-10H,11,17H2,1-3H3. The van der Waals surface area contributed by atoms with Gasteiger partial charge in [0.2, 0.25) is 0 Å². The first-order chi connectivity index (χ1) is 9.84. The maximum Gasteiger partial charge on any atom is 0.264 e. The van der Waals surface area contributed by atoms with Crippen molar-refractivity contribution in [2.24, 2.45) is 5.73 Å². The highest BCUT2D eigenvalue weighted by atomic mass is 32.2. The highest BCUT2D eigenvalue weighted by Gasteiger charge is 2.21. The molecule has 5 heteroatoms. The molecule has 0 aliphatic heterocycles. The predicted molar refractivity (Wildman–Crippen MR) is 85.8 cm³/mol. The summed E-state index contributed by atoms with van der Waals surface area (Å²) in [7, 11) is -2.01. The van der Waals surface area contributed by atoms with Crippen molar-refractivity contribution < 1.29 is 8.42 Å². The van der Waals surface area contributed by atoms with Crippen molar-refractivity contribution in [2.45, 2.75) is 25.3 Å². The van der Waals surface area contributed by atoms with Crippen molar-refractivity contribution in [3.8, 4) is 0 Å². The minimum Gasteiger partial charge on any atom is -0.326 e. The van der Waals surface area contributed by atoms with Gasteiger partial charge in [-0.15, -0.1) is 0 Å². The molecule has 0 aliphatic carbocycles. The first-order valence-corrected chi connectivity index (χ1v) is 8.15. The van der Waals surface area contributed by atoms with E-state index in [2.05, 4.69) is 0 Å². The molecule has 0 saturated carbocycles. The summed E-state index contributed by atoms with van der Waals surface area (Å²) >= 11 is 0. The molecule has 0 radical (unpaired) electrons. The second-order valence-corrected chi connectivity index (χ2v) is 7.14. The first kappa shape index (κ1) is 15.5. The smallest absolute Gasteiger partial charge is 0.264 e. The molecule has 4 nitrogen and oxygen atoms in total. The van der Waals surface area contributed by atoms with Crippen LogP contribution in [0, 0.1) is 13.8 Å². The van der Waals surface area contributed by atoms with Gasteiger partial charge in [0, 0.05) is 13.6 Å². The van der Waals surface area contributed by atoms with Gasteiger partial charge in [0.1, 0.15) is 0 Å². The van der Waals surface area contributed by atoms with Crippen molar-refractivity contribution >= 4 is 15.7 Å². The fourth-order valence-corrected chi connectivity index (χ4v) is 3.51. The van der Waals surface area contributed by atoms with Crippen LogP contribution < -0.4 is 10.0 Å². The number of benzene rings is 2. The van der Waals surface area contributed by atoms with E-state index in [1.54, 1.807) is 25.2 Å². The molecule has 2 N–H and O–H groups in total. The Morgan fingerprint density at radius 1 is 1.05 bits per heavy atom. The lowest BCUT2D eigenvalue weighted by Crippen LogP contribution is -2.26. The Kier molecular flexibility index (Phi) is 4.34. The molecule has 0 amide bonds. The first-order valence-electron chi connectivity index (χ1n) is 6.71. The molecule has 0 aliphatic rings. The zero-order chi connectivity index (χ0) is 15.6. The van der Waals surface area contributed by atoms with Gasteiger partial charge in [0.25, 0.3) is 10.0 Å². The largest absolute Gasteiger partial charge is 0.326 e. The topological polar surface area (TPSA) is 63.4 Å². The lowest BCUT2D eigenvalue weighted by atomic mass is 10.1. The van der Waals surface area contributed by atoms with E-state index in [-0.39, 0.29) is 4.90 Å². The molecular formula is C16H20N2O2S. The Hall–Kier alpha value is -1.85. The van der Waals surface area contributed by atoms with Crippen LogP contribution in [0.15, 0.2) is 47.4 Å². The maximum absolute atomic E-state index is 12.7. The molecule has 0 heterocycles. The van der Waals surface area contributed by atoms with E-state index in [9.17, 15) is 8.42 Å². The fraction of sp³-hybridized carbons (Fsp3) is 0.250. The van der Waals surface area contributed by atoms with E-state index in [4.69, 9.17) is 5.73 Å². The number of sulfonamides is 1. The highest BCUT2D eigenvalue weighted by Crippen LogP contribution is 2.24. The van der Waals surface area contributed by atoms with Gasteiger partial charge in [0.15, 0.2) is 0 Å². The van der Waals surface area contributed by atoms with Crippen molar-refractivity contribution in [2.75, 3.05) is 11.4 Å². The van der Waals surface area contributed by atoms with E-state index < -0.39 is 10.0 Å². The quantitative estimate of drug-likeness (QED) is 0.944. The molecule has 0 atom stereocenters. The zero-order valence-electron chi connectivity index (χ0n) is 12.5. The second-order valence-electron chi connectivity index (χ2n) is 5.17. The van der Waals surface area contributed by atoms with Gasteiger partial charge in [0.05, 0.1) is 10.6 Å². The van der Waals surface area contributed by atoms with Gasteiger partial charge in [-0.05, 0) is 54.8 Å². The minimum absolute atomic E-state index is 0.257. The van der Waals surface area contributed by atoms with Gasteiger partial charge in [-0.1, -0.05) is 18.2 Å². The SMILES string of the molecule is Cc1cc(C)cc(N(C)S(=O)(=O)c2cccc(CN)c2)c1. The number of anilines is 1. The summed E-state index contributed by atoms with van der Waals surface area (Å²) in [6, 6.07) is 12.5. The molecule has 0 spiro atoms. The van der Waals surface area contributed by atoms with Crippen molar-refractivity contribution in [3.63, 3.8) is 0 Å². The minimum atomic E-state index is -3.58. The van der Waals surface area contributed by atoms with E-state index in [0.29, 0.717) is 12.2 Å². The third kappa shape index (κ3) is 3.25. The fourth-order valence-electron chi connectivity index (χ4n) is 2.26. The van der Waals surface area contributed by atoms with Gasteiger partial charge in [-0.25, -0.2) is 8.42 Å². The van der Waals surface area contributed by atoms with E-state index in [1.807, 2.05) is 38.1 Å². The van der Waals surface area contributed by atoms with Gasteiger partial charge in [-0.3, -0.25) is 4.31 Å². The van der Waals surface area contributed by atoms with E-state index in [0.717, 1.165) is 16.7 Å². The third-order valence-corrected chi connectivity index (χ3v) is 5.14. The van der Waals surface area contributed by atoms with Crippen LogP contribution in [0.2, 0.25) is 0 Å². The molecule has 0 fully saturated rings. The van der Waals surface area contributed by atoms with Crippen LogP contribution in [0.4, 0.5) is 5.69 Å². The van der Waals surface area contributed by atoms with Gasteiger partial charge >= 0.3 is 0 Å². The molecular weight excluding hydrogens is 284 g/mol. The Balaban J connectivity index is 2.47. The summed E-state index contributed by atoms with van der Waals surface area (Å²) in [6.45, 7) is 4.22. The monoisotopic (exact) mass is 304 g/mol. The molecule has 112 valence electrons. The molecule has 2 aromatic carbocycles. The van der Waals surface area contributed by atoms with Crippen LogP contribution in [0.25, 0.3) is 0 Å². The summed E-state index contributed by atoms with van der Waals surface area (Å²) in [4.78, 5) is 0.257. The van der Waals surface area contributed by atoms with Crippen molar-refractivity contribution in [3.05, 3.63) is 59.2 Å². The number of hydrogen-bond acceptors (Lipinski definition) is 3. The summed E-state index contributed by atoms with van der Waals surface area (Å²) in [5, 5.41) is 0. The Morgan fingerprint density at radius 2 is 1.67 bits per heavy atom. The molecule has 21 heavy (non-hydrogen) atoms. The molecule has 2 aromatic rings. The van der Waals surface area contributed by atoms with Crippen molar-refractivity contribution in [1.29, 1.82) is 0 Å². The maximum atomic E-state index is 12.7. The van der Waals surface area contributed by atoms with Crippen LogP contribution in [0.3, 0.4) is 0 Å². The Morgan fingerprint density at radius 3 is 2.24 bits per heavy atom. The molecule has 0 saturated heterocycles. The summed E-state index contributed by atoms with van der Waals surface area (Å²) in [6.07, 6.45) is 0. The highest BCUT2D eigenvalue weighted by molar-refractivity contribution is 7.92. The average molecular weight is 304 g/mol. The van der Waals surface area contributed by atoms with Gasteiger partial charge < -0.3 is 5.73 Å². The van der Waals surface area contributed by atoms with Crippen LogP contribution in [-0.2, 0) is 16.6 Å². The number of rotatable bonds is 4. The number of nitrogens with zero attached hydrogens (tertiary/aromatic N) is 1. The third-order valence-electron chi connectivity index (χ3n) is 3.36. The lowest BCUT2D eigenvalue weighted by Gasteiger charge is -2.21. The summed E-state index contributed by atoms with van der Waals surface area (Å²) in [5.41, 5.74) is 9.10. The molecule has 0 bridgehead atoms. The van der Waals surface area contributed by atoms with Crippen LogP contribution in [0.1, 0.15) is 16.7 Å². The molecule has 2 rings (SSSR count). The summed E-state index contributed by atoms with van der Waals surface area (Å²) in [5.74, 6) is 0. The van der Waals surface area contributed by atoms with Gasteiger partial charge in [-0.2, -0.15) is 0 Å². The summed E-state index contributed by atoms with van der Waals surface area (Å²) < 4.78 is 26.7. The van der Waals surface area contributed by atoms with Crippen LogP contribution >= 0.6 is 0 Å². The Bertz CT molecular complexity index is 734. The Labute approximate surface area is 126 Å². The van der Waals surface area contributed by atoms with Crippen LogP contribution in [-0.4, -0.2) is 15.5 Å². The number of nitrogens with two attached hydrogens (primary N) is 1. The molecule has 0 aromatic heterocycles. The number of hydrogen-bond donors (Lipinski definition) is 1. The predicted octanol–water partition coefficient (Wildman–Crippen LogP) is 2.59. The van der Waals surface area contributed by atoms with E-state index in [1.165, 1.54) is 4.31 Å². The van der Waals surface area contributed by atoms with Crippen molar-refractivity contribution in [1.82, 2.24) is 0 Å². The van der Waals surface area contributed by atoms with E-state index >= 15 is 0 Å². The van der Waals surface area contributed by atoms with Crippen LogP contribution in [0.5, 0.6) is 0 Å². The average Bonchev–Trinajstić information content (AvgIpc) is 2.45. The zero-order valence-corrected chi connectivity index (χ0v) is 13.3. The number of aryl methyl sites for hydroxylation is 2. The normalized spacial score (nSPS) is 11.4. The second kappa shape index (κ2) is 5.87.